The number of carbonyl (C=O) groups is 1. The number of anilines is 1. The first-order valence-corrected chi connectivity index (χ1v) is 7.78. The smallest absolute Gasteiger partial charge is 0.335 e. The van der Waals surface area contributed by atoms with Crippen LogP contribution in [-0.2, 0) is 10.0 Å². The monoisotopic (exact) mass is 325 g/mol. The molecular weight excluding hydrogens is 314 g/mol. The Morgan fingerprint density at radius 2 is 1.90 bits per heavy atom. The quantitative estimate of drug-likeness (QED) is 0.904. The summed E-state index contributed by atoms with van der Waals surface area (Å²) in [6, 6.07) is 9.92. The van der Waals surface area contributed by atoms with Crippen LogP contribution in [0.5, 0.6) is 0 Å². The highest BCUT2D eigenvalue weighted by atomic mass is 35.5. The van der Waals surface area contributed by atoms with Crippen molar-refractivity contribution in [1.82, 2.24) is 0 Å². The zero-order valence-electron chi connectivity index (χ0n) is 11.0. The summed E-state index contributed by atoms with van der Waals surface area (Å²) < 4.78 is 26.8. The Balaban J connectivity index is 2.35. The van der Waals surface area contributed by atoms with E-state index in [9.17, 15) is 13.2 Å². The van der Waals surface area contributed by atoms with E-state index >= 15 is 0 Å². The van der Waals surface area contributed by atoms with Crippen LogP contribution in [0.4, 0.5) is 5.69 Å². The summed E-state index contributed by atoms with van der Waals surface area (Å²) in [7, 11) is -3.80. The van der Waals surface area contributed by atoms with Gasteiger partial charge in [-0.1, -0.05) is 17.7 Å². The molecule has 0 heterocycles. The molecule has 110 valence electrons. The Kier molecular flexibility index (Phi) is 4.20. The molecule has 0 unspecified atom stereocenters. The maximum atomic E-state index is 12.2. The molecule has 0 amide bonds. The minimum Gasteiger partial charge on any atom is -0.478 e. The molecule has 0 aromatic heterocycles. The summed E-state index contributed by atoms with van der Waals surface area (Å²) in [6.07, 6.45) is 0. The van der Waals surface area contributed by atoms with Crippen molar-refractivity contribution in [3.05, 3.63) is 58.6 Å². The number of carboxylic acids is 1. The molecule has 0 aliphatic carbocycles. The molecule has 2 N–H and O–H groups in total. The second-order valence-electron chi connectivity index (χ2n) is 4.40. The van der Waals surface area contributed by atoms with Gasteiger partial charge in [0.25, 0.3) is 10.0 Å². The van der Waals surface area contributed by atoms with E-state index < -0.39 is 16.0 Å². The van der Waals surface area contributed by atoms with Crippen molar-refractivity contribution < 1.29 is 18.3 Å². The zero-order chi connectivity index (χ0) is 15.6. The van der Waals surface area contributed by atoms with Crippen molar-refractivity contribution in [3.8, 4) is 0 Å². The van der Waals surface area contributed by atoms with E-state index in [-0.39, 0.29) is 16.1 Å². The molecule has 2 rings (SSSR count). The summed E-state index contributed by atoms with van der Waals surface area (Å²) in [5.74, 6) is -1.13. The second kappa shape index (κ2) is 5.75. The number of aryl methyl sites for hydroxylation is 1. The number of hydrogen-bond donors (Lipinski definition) is 2. The largest absolute Gasteiger partial charge is 0.478 e. The highest BCUT2D eigenvalue weighted by Crippen LogP contribution is 2.22. The van der Waals surface area contributed by atoms with Gasteiger partial charge in [0, 0.05) is 10.7 Å². The standard InChI is InChI=1S/C14H12ClNO4S/c1-9-7-12(5-6-13(9)15)21(19,20)16-11-4-2-3-10(8-11)14(17)18/h2-8,16H,1H3,(H,17,18). The van der Waals surface area contributed by atoms with Crippen molar-refractivity contribution in [2.75, 3.05) is 4.72 Å². The number of rotatable bonds is 4. The van der Waals surface area contributed by atoms with E-state index in [0.717, 1.165) is 0 Å². The molecule has 0 spiro atoms. The molecule has 21 heavy (non-hydrogen) atoms. The molecule has 0 aliphatic rings. The number of nitrogens with one attached hydrogen (secondary N) is 1. The lowest BCUT2D eigenvalue weighted by Crippen LogP contribution is -2.13. The van der Waals surface area contributed by atoms with Crippen molar-refractivity contribution in [3.63, 3.8) is 0 Å². The third kappa shape index (κ3) is 3.53. The Morgan fingerprint density at radius 1 is 1.19 bits per heavy atom. The zero-order valence-corrected chi connectivity index (χ0v) is 12.6. The molecule has 0 saturated heterocycles. The molecule has 0 aliphatic heterocycles. The molecule has 0 fully saturated rings. The summed E-state index contributed by atoms with van der Waals surface area (Å²) in [5.41, 5.74) is 0.823. The van der Waals surface area contributed by atoms with Crippen LogP contribution >= 0.6 is 11.6 Å². The first kappa shape index (κ1) is 15.3. The van der Waals surface area contributed by atoms with Gasteiger partial charge in [-0.3, -0.25) is 4.72 Å². The van der Waals surface area contributed by atoms with E-state index in [4.69, 9.17) is 16.7 Å². The van der Waals surface area contributed by atoms with Crippen LogP contribution in [0.2, 0.25) is 5.02 Å². The first-order chi connectivity index (χ1) is 9.79. The Bertz CT molecular complexity index is 802. The fraction of sp³-hybridized carbons (Fsp3) is 0.0714. The number of sulfonamides is 1. The molecule has 2 aromatic rings. The fourth-order valence-electron chi connectivity index (χ4n) is 1.71. The fourth-order valence-corrected chi connectivity index (χ4v) is 2.97. The molecule has 0 saturated carbocycles. The van der Waals surface area contributed by atoms with Crippen molar-refractivity contribution in [2.24, 2.45) is 0 Å². The van der Waals surface area contributed by atoms with Gasteiger partial charge in [0.05, 0.1) is 10.5 Å². The lowest BCUT2D eigenvalue weighted by Gasteiger charge is -2.09. The van der Waals surface area contributed by atoms with Crippen molar-refractivity contribution in [1.29, 1.82) is 0 Å². The highest BCUT2D eigenvalue weighted by Gasteiger charge is 2.16. The lowest BCUT2D eigenvalue weighted by molar-refractivity contribution is 0.0697. The van der Waals surface area contributed by atoms with Gasteiger partial charge < -0.3 is 5.11 Å². The maximum Gasteiger partial charge on any atom is 0.335 e. The predicted molar refractivity (Wildman–Crippen MR) is 80.4 cm³/mol. The van der Waals surface area contributed by atoms with Crippen LogP contribution in [0.15, 0.2) is 47.4 Å². The van der Waals surface area contributed by atoms with Crippen LogP contribution in [0.1, 0.15) is 15.9 Å². The van der Waals surface area contributed by atoms with Crippen LogP contribution in [-0.4, -0.2) is 19.5 Å². The SMILES string of the molecule is Cc1cc(S(=O)(=O)Nc2cccc(C(=O)O)c2)ccc1Cl. The van der Waals surface area contributed by atoms with Crippen LogP contribution in [0.3, 0.4) is 0 Å². The highest BCUT2D eigenvalue weighted by molar-refractivity contribution is 7.92. The van der Waals surface area contributed by atoms with E-state index in [2.05, 4.69) is 4.72 Å². The maximum absolute atomic E-state index is 12.2. The lowest BCUT2D eigenvalue weighted by atomic mass is 10.2. The molecule has 0 radical (unpaired) electrons. The van der Waals surface area contributed by atoms with E-state index in [1.165, 1.54) is 42.5 Å². The number of hydrogen-bond acceptors (Lipinski definition) is 3. The van der Waals surface area contributed by atoms with Gasteiger partial charge in [-0.05, 0) is 48.9 Å². The third-order valence-corrected chi connectivity index (χ3v) is 4.60. The Hall–Kier alpha value is -2.05. The molecule has 2 aromatic carbocycles. The van der Waals surface area contributed by atoms with E-state index in [1.807, 2.05) is 0 Å². The number of carboxylic acid groups (broad SMARTS) is 1. The average Bonchev–Trinajstić information content (AvgIpc) is 2.41. The molecule has 0 atom stereocenters. The number of benzene rings is 2. The molecule has 7 heteroatoms. The predicted octanol–water partition coefficient (Wildman–Crippen LogP) is 3.15. The number of halogens is 1. The number of aromatic carboxylic acids is 1. The Morgan fingerprint density at radius 3 is 2.52 bits per heavy atom. The average molecular weight is 326 g/mol. The third-order valence-electron chi connectivity index (χ3n) is 2.80. The summed E-state index contributed by atoms with van der Waals surface area (Å²) in [4.78, 5) is 10.9. The normalized spacial score (nSPS) is 11.1. The van der Waals surface area contributed by atoms with Gasteiger partial charge in [0.2, 0.25) is 0 Å². The second-order valence-corrected chi connectivity index (χ2v) is 6.49. The first-order valence-electron chi connectivity index (χ1n) is 5.92. The summed E-state index contributed by atoms with van der Waals surface area (Å²) in [5, 5.41) is 9.37. The molecule has 5 nitrogen and oxygen atoms in total. The van der Waals surface area contributed by atoms with Crippen LogP contribution in [0.25, 0.3) is 0 Å². The van der Waals surface area contributed by atoms with Gasteiger partial charge in [0.1, 0.15) is 0 Å². The van der Waals surface area contributed by atoms with Crippen molar-refractivity contribution >= 4 is 33.3 Å². The van der Waals surface area contributed by atoms with Crippen LogP contribution < -0.4 is 4.72 Å². The van der Waals surface area contributed by atoms with Gasteiger partial charge >= 0.3 is 5.97 Å². The van der Waals surface area contributed by atoms with Gasteiger partial charge in [-0.2, -0.15) is 0 Å². The Labute approximate surface area is 127 Å². The molecule has 0 bridgehead atoms. The summed E-state index contributed by atoms with van der Waals surface area (Å²) in [6.45, 7) is 1.70. The van der Waals surface area contributed by atoms with E-state index in [1.54, 1.807) is 6.92 Å². The van der Waals surface area contributed by atoms with E-state index in [0.29, 0.717) is 10.6 Å². The van der Waals surface area contributed by atoms with Gasteiger partial charge in [-0.25, -0.2) is 13.2 Å². The van der Waals surface area contributed by atoms with Gasteiger partial charge in [0.15, 0.2) is 0 Å². The minimum absolute atomic E-state index is 0.00230. The minimum atomic E-state index is -3.80. The topological polar surface area (TPSA) is 83.5 Å². The summed E-state index contributed by atoms with van der Waals surface area (Å²) >= 11 is 5.87. The van der Waals surface area contributed by atoms with Crippen LogP contribution in [0, 0.1) is 6.92 Å². The molecular formula is C14H12ClNO4S. The van der Waals surface area contributed by atoms with Gasteiger partial charge in [-0.15, -0.1) is 0 Å². The van der Waals surface area contributed by atoms with Crippen molar-refractivity contribution in [2.45, 2.75) is 11.8 Å².